The van der Waals surface area contributed by atoms with E-state index in [4.69, 9.17) is 4.74 Å². The van der Waals surface area contributed by atoms with Crippen LogP contribution < -0.4 is 15.0 Å². The van der Waals surface area contributed by atoms with E-state index < -0.39 is 23.3 Å². The summed E-state index contributed by atoms with van der Waals surface area (Å²) < 4.78 is 53.6. The highest BCUT2D eigenvalue weighted by molar-refractivity contribution is 5.53. The van der Waals surface area contributed by atoms with Crippen molar-refractivity contribution in [2.75, 3.05) is 37.6 Å². The van der Waals surface area contributed by atoms with Crippen LogP contribution in [0, 0.1) is 17.0 Å². The standard InChI is InChI=1S/C36H44F3N3O/c1-25-18-27-19-29(43-22-26-8-5-4-6-9-26)10-11-30(27)34(42(25)24-35(2,3)39)33-31(37)20-28(21-32(33)38)41-16-13-36(14-17-41)12-7-15-40-23-36/h4-6,8-11,19-21,25,34,40H,7,12-18,22-24H2,1-3H3/t25-,34?/m1/s1. The third-order valence-corrected chi connectivity index (χ3v) is 9.72. The Bertz CT molecular complexity index is 1380. The Hall–Kier alpha value is -3.03. The van der Waals surface area contributed by atoms with Crippen LogP contribution >= 0.6 is 0 Å². The number of hydrogen-bond donors (Lipinski definition) is 1. The van der Waals surface area contributed by atoms with Gasteiger partial charge in [-0.1, -0.05) is 36.4 Å². The maximum absolute atomic E-state index is 16.2. The minimum absolute atomic E-state index is 0.0104. The fourth-order valence-corrected chi connectivity index (χ4v) is 7.44. The zero-order valence-corrected chi connectivity index (χ0v) is 25.6. The van der Waals surface area contributed by atoms with Crippen LogP contribution in [0.1, 0.15) is 74.8 Å². The van der Waals surface area contributed by atoms with E-state index in [1.165, 1.54) is 38.8 Å². The van der Waals surface area contributed by atoms with Gasteiger partial charge >= 0.3 is 0 Å². The lowest BCUT2D eigenvalue weighted by Crippen LogP contribution is -2.48. The van der Waals surface area contributed by atoms with Crippen molar-refractivity contribution in [1.29, 1.82) is 0 Å². The van der Waals surface area contributed by atoms with E-state index in [-0.39, 0.29) is 18.2 Å². The Balaban J connectivity index is 1.30. The molecule has 2 fully saturated rings. The monoisotopic (exact) mass is 591 g/mol. The zero-order chi connectivity index (χ0) is 30.2. The molecule has 3 aromatic carbocycles. The molecule has 2 atom stereocenters. The summed E-state index contributed by atoms with van der Waals surface area (Å²) in [5, 5.41) is 3.53. The summed E-state index contributed by atoms with van der Waals surface area (Å²) >= 11 is 0. The number of anilines is 1. The summed E-state index contributed by atoms with van der Waals surface area (Å²) in [4.78, 5) is 4.04. The number of nitrogens with zero attached hydrogens (tertiary/aromatic N) is 2. The number of hydrogen-bond acceptors (Lipinski definition) is 4. The molecule has 43 heavy (non-hydrogen) atoms. The molecule has 6 rings (SSSR count). The Kier molecular flexibility index (Phi) is 8.49. The molecule has 1 unspecified atom stereocenters. The van der Waals surface area contributed by atoms with Crippen molar-refractivity contribution >= 4 is 5.69 Å². The van der Waals surface area contributed by atoms with Crippen LogP contribution in [0.5, 0.6) is 5.75 Å². The van der Waals surface area contributed by atoms with Crippen molar-refractivity contribution in [2.24, 2.45) is 5.41 Å². The maximum atomic E-state index is 16.2. The molecule has 1 spiro atoms. The first-order valence-corrected chi connectivity index (χ1v) is 15.8. The quantitative estimate of drug-likeness (QED) is 0.306. The summed E-state index contributed by atoms with van der Waals surface area (Å²) in [6.07, 6.45) is 5.08. The molecule has 1 N–H and O–H groups in total. The van der Waals surface area contributed by atoms with E-state index in [0.717, 1.165) is 55.7 Å². The molecule has 0 saturated carbocycles. The number of alkyl halides is 1. The van der Waals surface area contributed by atoms with Crippen molar-refractivity contribution in [3.05, 3.63) is 94.6 Å². The van der Waals surface area contributed by atoms with Crippen LogP contribution in [0.4, 0.5) is 18.9 Å². The van der Waals surface area contributed by atoms with Crippen LogP contribution in [0.15, 0.2) is 60.7 Å². The first-order valence-electron chi connectivity index (χ1n) is 15.8. The van der Waals surface area contributed by atoms with Crippen molar-refractivity contribution in [2.45, 2.75) is 77.2 Å². The molecule has 3 aliphatic rings. The van der Waals surface area contributed by atoms with E-state index in [1.54, 1.807) is 0 Å². The van der Waals surface area contributed by atoms with Crippen LogP contribution in [0.25, 0.3) is 0 Å². The molecule has 3 aliphatic heterocycles. The van der Waals surface area contributed by atoms with Crippen LogP contribution in [0.3, 0.4) is 0 Å². The summed E-state index contributed by atoms with van der Waals surface area (Å²) in [6, 6.07) is 17.8. The van der Waals surface area contributed by atoms with E-state index in [2.05, 4.69) is 10.2 Å². The fourth-order valence-electron chi connectivity index (χ4n) is 7.44. The number of ether oxygens (including phenoxy) is 1. The largest absolute Gasteiger partial charge is 0.489 e. The molecule has 0 radical (unpaired) electrons. The van der Waals surface area contributed by atoms with Gasteiger partial charge in [0.05, 0.1) is 6.04 Å². The van der Waals surface area contributed by atoms with E-state index in [9.17, 15) is 0 Å². The molecule has 0 bridgehead atoms. The first-order chi connectivity index (χ1) is 20.6. The van der Waals surface area contributed by atoms with Crippen molar-refractivity contribution in [3.63, 3.8) is 0 Å². The van der Waals surface area contributed by atoms with E-state index >= 15 is 13.2 Å². The Morgan fingerprint density at radius 3 is 2.35 bits per heavy atom. The van der Waals surface area contributed by atoms with Gasteiger partial charge < -0.3 is 15.0 Å². The van der Waals surface area contributed by atoms with E-state index in [1.807, 2.05) is 60.4 Å². The summed E-state index contributed by atoms with van der Waals surface area (Å²) in [5.74, 6) is -0.448. The number of rotatable bonds is 7. The normalized spacial score (nSPS) is 22.4. The Morgan fingerprint density at radius 2 is 1.70 bits per heavy atom. The average Bonchev–Trinajstić information content (AvgIpc) is 2.98. The number of halogens is 3. The molecule has 4 nitrogen and oxygen atoms in total. The fraction of sp³-hybridized carbons (Fsp3) is 0.500. The van der Waals surface area contributed by atoms with Crippen molar-refractivity contribution in [3.8, 4) is 5.75 Å². The second-order valence-corrected chi connectivity index (χ2v) is 13.6. The van der Waals surface area contributed by atoms with Gasteiger partial charge in [0.1, 0.15) is 29.7 Å². The molecule has 0 aromatic heterocycles. The molecule has 0 aliphatic carbocycles. The molecule has 3 heterocycles. The van der Waals surface area contributed by atoms with Gasteiger partial charge in [0.2, 0.25) is 0 Å². The van der Waals surface area contributed by atoms with Gasteiger partial charge in [-0.25, -0.2) is 13.2 Å². The number of fused-ring (bicyclic) bond motifs is 1. The minimum atomic E-state index is -1.53. The minimum Gasteiger partial charge on any atom is -0.489 e. The number of piperidine rings is 2. The first kappa shape index (κ1) is 30.0. The second kappa shape index (κ2) is 12.2. The highest BCUT2D eigenvalue weighted by atomic mass is 19.1. The Morgan fingerprint density at radius 1 is 0.977 bits per heavy atom. The lowest BCUT2D eigenvalue weighted by Gasteiger charge is -2.45. The molecular weight excluding hydrogens is 547 g/mol. The van der Waals surface area contributed by atoms with Gasteiger partial charge in [0.25, 0.3) is 0 Å². The van der Waals surface area contributed by atoms with Crippen LogP contribution in [-0.2, 0) is 13.0 Å². The predicted molar refractivity (Wildman–Crippen MR) is 166 cm³/mol. The van der Waals surface area contributed by atoms with E-state index in [0.29, 0.717) is 29.9 Å². The Labute approximate surface area is 254 Å². The van der Waals surface area contributed by atoms with Crippen molar-refractivity contribution in [1.82, 2.24) is 10.2 Å². The zero-order valence-electron chi connectivity index (χ0n) is 25.6. The highest BCUT2D eigenvalue weighted by Gasteiger charge is 2.40. The molecule has 7 heteroatoms. The summed E-state index contributed by atoms with van der Waals surface area (Å²) in [5.41, 5.74) is 2.18. The van der Waals surface area contributed by atoms with Gasteiger partial charge in [0.15, 0.2) is 0 Å². The van der Waals surface area contributed by atoms with Gasteiger partial charge in [-0.2, -0.15) is 0 Å². The predicted octanol–water partition coefficient (Wildman–Crippen LogP) is 7.60. The third-order valence-electron chi connectivity index (χ3n) is 9.72. The van der Waals surface area contributed by atoms with Crippen molar-refractivity contribution < 1.29 is 17.9 Å². The number of nitrogens with one attached hydrogen (secondary N) is 1. The highest BCUT2D eigenvalue weighted by Crippen LogP contribution is 2.44. The average molecular weight is 592 g/mol. The molecule has 3 aromatic rings. The molecule has 2 saturated heterocycles. The van der Waals surface area contributed by atoms with Gasteiger partial charge in [0, 0.05) is 43.5 Å². The second-order valence-electron chi connectivity index (χ2n) is 13.6. The third kappa shape index (κ3) is 6.58. The lowest BCUT2D eigenvalue weighted by atomic mass is 9.73. The smallest absolute Gasteiger partial charge is 0.133 e. The summed E-state index contributed by atoms with van der Waals surface area (Å²) in [6.45, 7) is 9.22. The summed E-state index contributed by atoms with van der Waals surface area (Å²) in [7, 11) is 0. The molecule has 230 valence electrons. The maximum Gasteiger partial charge on any atom is 0.133 e. The van der Waals surface area contributed by atoms with Gasteiger partial charge in [-0.05, 0) is 106 Å². The molecular formula is C36H44F3N3O. The topological polar surface area (TPSA) is 27.7 Å². The van der Waals surface area contributed by atoms with Crippen LogP contribution in [-0.4, -0.2) is 49.3 Å². The lowest BCUT2D eigenvalue weighted by molar-refractivity contribution is 0.0652. The SMILES string of the molecule is C[C@@H]1Cc2cc(OCc3ccccc3)ccc2C(c2c(F)cc(N3CCC4(CCCNC4)CC3)cc2F)N1CC(C)(C)F. The molecule has 0 amide bonds. The van der Waals surface area contributed by atoms with Gasteiger partial charge in [-0.15, -0.1) is 0 Å². The van der Waals surface area contributed by atoms with Crippen LogP contribution in [0.2, 0.25) is 0 Å². The van der Waals surface area contributed by atoms with Gasteiger partial charge in [-0.3, -0.25) is 4.90 Å². The number of benzene rings is 3.